The van der Waals surface area contributed by atoms with Crippen LogP contribution in [0, 0.1) is 13.8 Å². The van der Waals surface area contributed by atoms with Crippen LogP contribution in [0.15, 0.2) is 57.4 Å². The summed E-state index contributed by atoms with van der Waals surface area (Å²) >= 11 is 0. The van der Waals surface area contributed by atoms with Gasteiger partial charge in [-0.1, -0.05) is 36.4 Å². The van der Waals surface area contributed by atoms with Gasteiger partial charge in [-0.25, -0.2) is 9.59 Å². The van der Waals surface area contributed by atoms with Gasteiger partial charge in [-0.2, -0.15) is 0 Å². The number of aryl methyl sites for hydroxylation is 2. The molecule has 0 radical (unpaired) electrons. The lowest BCUT2D eigenvalue weighted by Crippen LogP contribution is -2.52. The van der Waals surface area contributed by atoms with E-state index in [1.165, 1.54) is 9.80 Å². The number of nitrogens with zero attached hydrogens (tertiary/aromatic N) is 2. The zero-order valence-electron chi connectivity index (χ0n) is 21.0. The van der Waals surface area contributed by atoms with Gasteiger partial charge in [0.1, 0.15) is 11.2 Å². The summed E-state index contributed by atoms with van der Waals surface area (Å²) in [7, 11) is 0. The summed E-state index contributed by atoms with van der Waals surface area (Å²) in [5.41, 5.74) is 2.45. The van der Waals surface area contributed by atoms with Crippen molar-refractivity contribution in [3.05, 3.63) is 71.2 Å². The van der Waals surface area contributed by atoms with Crippen molar-refractivity contribution in [3.63, 3.8) is 0 Å². The Morgan fingerprint density at radius 1 is 0.658 bits per heavy atom. The van der Waals surface area contributed by atoms with Crippen molar-refractivity contribution in [1.82, 2.24) is 9.80 Å². The van der Waals surface area contributed by atoms with Gasteiger partial charge >= 0.3 is 11.9 Å². The molecular weight excluding hydrogens is 492 g/mol. The average Bonchev–Trinajstić information content (AvgIpc) is 3.47. The smallest absolute Gasteiger partial charge is 0.375 e. The van der Waals surface area contributed by atoms with Crippen LogP contribution in [0.5, 0.6) is 0 Å². The predicted octanol–water partition coefficient (Wildman–Crippen LogP) is 3.48. The topological polar surface area (TPSA) is 120 Å². The van der Waals surface area contributed by atoms with E-state index in [9.17, 15) is 19.2 Å². The fourth-order valence-corrected chi connectivity index (χ4v) is 4.51. The van der Waals surface area contributed by atoms with Crippen molar-refractivity contribution in [2.45, 2.75) is 13.8 Å². The minimum absolute atomic E-state index is 0.0711. The molecule has 2 aromatic carbocycles. The number of hydrogen-bond donors (Lipinski definition) is 0. The molecule has 0 N–H and O–H groups in total. The Balaban J connectivity index is 1.08. The van der Waals surface area contributed by atoms with Crippen LogP contribution >= 0.6 is 0 Å². The molecule has 2 aromatic heterocycles. The maximum Gasteiger partial charge on any atom is 0.375 e. The number of esters is 2. The van der Waals surface area contributed by atoms with E-state index < -0.39 is 25.2 Å². The van der Waals surface area contributed by atoms with Crippen LogP contribution in [0.2, 0.25) is 0 Å². The van der Waals surface area contributed by atoms with E-state index in [1.807, 2.05) is 24.3 Å². The highest BCUT2D eigenvalue weighted by molar-refractivity contribution is 5.97. The summed E-state index contributed by atoms with van der Waals surface area (Å²) < 4.78 is 21.6. The van der Waals surface area contributed by atoms with Crippen LogP contribution in [0.4, 0.5) is 0 Å². The van der Waals surface area contributed by atoms with E-state index in [0.29, 0.717) is 22.3 Å². The summed E-state index contributed by atoms with van der Waals surface area (Å²) in [6.45, 7) is 3.72. The second-order valence-electron chi connectivity index (χ2n) is 9.02. The van der Waals surface area contributed by atoms with E-state index in [2.05, 4.69) is 0 Å². The van der Waals surface area contributed by atoms with Crippen LogP contribution in [0.25, 0.3) is 21.9 Å². The lowest BCUT2D eigenvalue weighted by atomic mass is 10.1. The van der Waals surface area contributed by atoms with Gasteiger partial charge in [0.25, 0.3) is 11.8 Å². The molecule has 5 rings (SSSR count). The molecule has 10 nitrogen and oxygen atoms in total. The van der Waals surface area contributed by atoms with Gasteiger partial charge < -0.3 is 28.1 Å². The molecule has 0 spiro atoms. The Morgan fingerprint density at radius 3 is 1.39 bits per heavy atom. The molecule has 0 atom stereocenters. The fourth-order valence-electron chi connectivity index (χ4n) is 4.51. The van der Waals surface area contributed by atoms with Crippen molar-refractivity contribution >= 4 is 45.7 Å². The van der Waals surface area contributed by atoms with Gasteiger partial charge in [-0.05, 0) is 26.0 Å². The molecule has 38 heavy (non-hydrogen) atoms. The lowest BCUT2D eigenvalue weighted by molar-refractivity contribution is -0.142. The third kappa shape index (κ3) is 4.84. The Kier molecular flexibility index (Phi) is 6.87. The Hall–Kier alpha value is -4.60. The van der Waals surface area contributed by atoms with Crippen molar-refractivity contribution < 1.29 is 37.5 Å². The number of rotatable bonds is 6. The molecule has 2 amide bonds. The SMILES string of the molecule is Cc1c(C(=O)OCC(=O)N2CCN(C(=O)COC(=O)c3oc4ccccc4c3C)CC2)oc2ccccc12. The second-order valence-corrected chi connectivity index (χ2v) is 9.02. The minimum atomic E-state index is -0.706. The van der Waals surface area contributed by atoms with Crippen LogP contribution in [-0.2, 0) is 19.1 Å². The monoisotopic (exact) mass is 518 g/mol. The number of para-hydroxylation sites is 2. The number of ether oxygens (including phenoxy) is 2. The molecule has 1 saturated heterocycles. The normalized spacial score (nSPS) is 13.6. The first kappa shape index (κ1) is 25.1. The molecule has 1 fully saturated rings. The first-order valence-corrected chi connectivity index (χ1v) is 12.2. The van der Waals surface area contributed by atoms with E-state index >= 15 is 0 Å². The highest BCUT2D eigenvalue weighted by Gasteiger charge is 2.27. The standard InChI is InChI=1S/C28H26N2O8/c1-17-19-7-3-5-9-21(19)37-25(17)27(33)35-15-23(31)29-11-13-30(14-12-29)24(32)16-36-28(34)26-18(2)20-8-4-6-10-22(20)38-26/h3-10H,11-16H2,1-2H3. The van der Waals surface area contributed by atoms with Gasteiger partial charge in [-0.3, -0.25) is 9.59 Å². The third-order valence-electron chi connectivity index (χ3n) is 6.70. The first-order chi connectivity index (χ1) is 18.3. The number of fused-ring (bicyclic) bond motifs is 2. The van der Waals surface area contributed by atoms with Crippen molar-refractivity contribution in [2.75, 3.05) is 39.4 Å². The van der Waals surface area contributed by atoms with E-state index in [1.54, 1.807) is 38.1 Å². The third-order valence-corrected chi connectivity index (χ3v) is 6.70. The largest absolute Gasteiger partial charge is 0.450 e. The van der Waals surface area contributed by atoms with Crippen molar-refractivity contribution in [1.29, 1.82) is 0 Å². The highest BCUT2D eigenvalue weighted by atomic mass is 16.6. The summed E-state index contributed by atoms with van der Waals surface area (Å²) in [6.07, 6.45) is 0. The van der Waals surface area contributed by atoms with Gasteiger partial charge in [0.15, 0.2) is 13.2 Å². The molecule has 0 bridgehead atoms. The van der Waals surface area contributed by atoms with Crippen LogP contribution in [-0.4, -0.2) is 72.9 Å². The van der Waals surface area contributed by atoms with Crippen molar-refractivity contribution in [3.8, 4) is 0 Å². The lowest BCUT2D eigenvalue weighted by Gasteiger charge is -2.34. The minimum Gasteiger partial charge on any atom is -0.450 e. The van der Waals surface area contributed by atoms with Gasteiger partial charge in [0, 0.05) is 48.1 Å². The van der Waals surface area contributed by atoms with E-state index in [4.69, 9.17) is 18.3 Å². The zero-order chi connectivity index (χ0) is 26.8. The first-order valence-electron chi connectivity index (χ1n) is 12.2. The number of amides is 2. The molecule has 196 valence electrons. The maximum atomic E-state index is 12.6. The molecule has 1 aliphatic heterocycles. The number of carbonyl (C=O) groups is 4. The van der Waals surface area contributed by atoms with E-state index in [0.717, 1.165) is 10.8 Å². The fraction of sp³-hybridized carbons (Fsp3) is 0.286. The number of carbonyl (C=O) groups excluding carboxylic acids is 4. The molecule has 1 aliphatic rings. The maximum absolute atomic E-state index is 12.6. The molecule has 0 saturated carbocycles. The van der Waals surface area contributed by atoms with Gasteiger partial charge in [0.05, 0.1) is 0 Å². The average molecular weight is 519 g/mol. The quantitative estimate of drug-likeness (QED) is 0.356. The molecule has 4 aromatic rings. The van der Waals surface area contributed by atoms with Gasteiger partial charge in [-0.15, -0.1) is 0 Å². The summed E-state index contributed by atoms with van der Waals surface area (Å²) in [5, 5.41) is 1.62. The Morgan fingerprint density at radius 2 is 1.03 bits per heavy atom. The summed E-state index contributed by atoms with van der Waals surface area (Å²) in [5.74, 6) is -2.01. The van der Waals surface area contributed by atoms with Crippen LogP contribution in [0.1, 0.15) is 32.2 Å². The second kappa shape index (κ2) is 10.4. The van der Waals surface area contributed by atoms with Crippen LogP contribution in [0.3, 0.4) is 0 Å². The highest BCUT2D eigenvalue weighted by Crippen LogP contribution is 2.26. The van der Waals surface area contributed by atoms with Crippen molar-refractivity contribution in [2.24, 2.45) is 0 Å². The number of piperazine rings is 1. The Bertz CT molecular complexity index is 1430. The zero-order valence-corrected chi connectivity index (χ0v) is 21.0. The number of furan rings is 2. The number of hydrogen-bond acceptors (Lipinski definition) is 8. The van der Waals surface area contributed by atoms with Crippen LogP contribution < -0.4 is 0 Å². The molecular formula is C28H26N2O8. The molecule has 10 heteroatoms. The number of benzene rings is 2. The molecule has 3 heterocycles. The Labute approximate surface area is 217 Å². The van der Waals surface area contributed by atoms with E-state index in [-0.39, 0.29) is 49.5 Å². The summed E-state index contributed by atoms with van der Waals surface area (Å²) in [6, 6.07) is 14.5. The predicted molar refractivity (Wildman–Crippen MR) is 136 cm³/mol. The molecule has 0 unspecified atom stereocenters. The van der Waals surface area contributed by atoms with Gasteiger partial charge in [0.2, 0.25) is 11.5 Å². The summed E-state index contributed by atoms with van der Waals surface area (Å²) in [4.78, 5) is 53.2. The molecule has 0 aliphatic carbocycles.